The van der Waals surface area contributed by atoms with Gasteiger partial charge in [0.1, 0.15) is 28.9 Å². The fourth-order valence-electron chi connectivity index (χ4n) is 7.37. The largest absolute Gasteiger partial charge is 0.480 e. The van der Waals surface area contributed by atoms with Crippen LogP contribution in [0.5, 0.6) is 0 Å². The number of unbranched alkanes of at least 4 members (excludes halogenated alkanes) is 1. The molecule has 20 nitrogen and oxygen atoms in total. The first-order valence-corrected chi connectivity index (χ1v) is 23.3. The lowest BCUT2D eigenvalue weighted by molar-refractivity contribution is -0.139. The van der Waals surface area contributed by atoms with Crippen LogP contribution in [0.4, 0.5) is 11.5 Å². The van der Waals surface area contributed by atoms with Crippen LogP contribution in [0.25, 0.3) is 21.9 Å². The fraction of sp³-hybridized carbons (Fsp3) is 0.542. The minimum absolute atomic E-state index is 0.0111. The summed E-state index contributed by atoms with van der Waals surface area (Å²) in [7, 11) is 1.64. The van der Waals surface area contributed by atoms with Gasteiger partial charge in [0.25, 0.3) is 11.8 Å². The zero-order valence-corrected chi connectivity index (χ0v) is 40.3. The van der Waals surface area contributed by atoms with Gasteiger partial charge in [-0.05, 0) is 62.9 Å². The van der Waals surface area contributed by atoms with Crippen molar-refractivity contribution in [2.75, 3.05) is 84.0 Å². The summed E-state index contributed by atoms with van der Waals surface area (Å²) in [5.41, 5.74) is 26.4. The van der Waals surface area contributed by atoms with Gasteiger partial charge in [0, 0.05) is 87.4 Å². The maximum absolute atomic E-state index is 12.8. The van der Waals surface area contributed by atoms with E-state index in [4.69, 9.17) is 46.9 Å². The van der Waals surface area contributed by atoms with Gasteiger partial charge in [-0.1, -0.05) is 45.4 Å². The van der Waals surface area contributed by atoms with E-state index in [2.05, 4.69) is 52.3 Å². The number of anilines is 2. The van der Waals surface area contributed by atoms with Gasteiger partial charge >= 0.3 is 5.97 Å². The number of nitrogens with zero attached hydrogens (tertiary/aromatic N) is 4. The number of carboxylic acids is 1. The number of carbonyl (C=O) groups excluding carboxylic acids is 3. The standard InChI is InChI=1S/C48H73N11O9/c1-6-7-14-38-57-40-41(35-12-8-9-13-36(35)55-44(40)51)59(38)30-48(3,4)31-68-24-11-23-66-26-28-67-27-25-65-22-10-21-53-39(60)20-19-37(47(63)64)56-46(62)33-15-17-34(18-16-33)54-29-32(2)58(5)42(43(49)50)45(52)61/h8-9,12-13,15-18,32,37,54H,6-7,10-11,14,19-31,49-50H2,1-5H3,(H2,51,55)(H2,52,61)(H,53,60)(H,56,62)(H,63,64). The average Bonchev–Trinajstić information content (AvgIpc) is 3.65. The van der Waals surface area contributed by atoms with Gasteiger partial charge in [-0.15, -0.1) is 0 Å². The van der Waals surface area contributed by atoms with Gasteiger partial charge in [0.05, 0.1) is 44.1 Å². The Bertz CT molecular complexity index is 2280. The number of likely N-dealkylation sites (N-methyl/N-ethyl adjacent to an activating group) is 1. The van der Waals surface area contributed by atoms with Crippen molar-refractivity contribution in [3.63, 3.8) is 0 Å². The molecule has 20 heteroatoms. The summed E-state index contributed by atoms with van der Waals surface area (Å²) in [6, 6.07) is 13.0. The van der Waals surface area contributed by atoms with Crippen LogP contribution >= 0.6 is 0 Å². The lowest BCUT2D eigenvalue weighted by Crippen LogP contribution is -2.41. The molecule has 4 aromatic rings. The van der Waals surface area contributed by atoms with Crippen molar-refractivity contribution in [1.29, 1.82) is 0 Å². The number of nitrogens with one attached hydrogen (secondary N) is 3. The molecule has 2 heterocycles. The Morgan fingerprint density at radius 2 is 1.51 bits per heavy atom. The maximum atomic E-state index is 12.8. The number of carboxylic acid groups (broad SMARTS) is 1. The van der Waals surface area contributed by atoms with Crippen molar-refractivity contribution >= 4 is 57.1 Å². The van der Waals surface area contributed by atoms with Crippen LogP contribution < -0.4 is 38.9 Å². The topological polar surface area (TPSA) is 300 Å². The number of carbonyl (C=O) groups is 4. The number of nitrogens with two attached hydrogens (primary N) is 4. The highest BCUT2D eigenvalue weighted by Gasteiger charge is 2.26. The van der Waals surface area contributed by atoms with E-state index < -0.39 is 23.8 Å². The molecule has 12 N–H and O–H groups in total. The predicted octanol–water partition coefficient (Wildman–Crippen LogP) is 3.47. The van der Waals surface area contributed by atoms with E-state index in [-0.39, 0.29) is 47.3 Å². The number of imidazole rings is 1. The summed E-state index contributed by atoms with van der Waals surface area (Å²) >= 11 is 0. The molecule has 0 aliphatic rings. The zero-order chi connectivity index (χ0) is 49.6. The average molecular weight is 948 g/mol. The molecule has 0 aliphatic heterocycles. The highest BCUT2D eigenvalue weighted by atomic mass is 16.5. The van der Waals surface area contributed by atoms with E-state index in [9.17, 15) is 24.3 Å². The molecule has 0 spiro atoms. The second kappa shape index (κ2) is 27.6. The number of benzene rings is 2. The molecule has 0 fully saturated rings. The summed E-state index contributed by atoms with van der Waals surface area (Å²) in [5.74, 6) is -1.62. The number of primary amides is 1. The molecule has 4 rings (SSSR count). The Morgan fingerprint density at radius 3 is 2.16 bits per heavy atom. The molecule has 0 bridgehead atoms. The summed E-state index contributed by atoms with van der Waals surface area (Å²) in [6.07, 6.45) is 4.14. The Morgan fingerprint density at radius 1 is 0.868 bits per heavy atom. The zero-order valence-electron chi connectivity index (χ0n) is 40.3. The van der Waals surface area contributed by atoms with Crippen LogP contribution in [0.15, 0.2) is 60.0 Å². The number of pyridine rings is 1. The molecule has 0 saturated carbocycles. The molecule has 0 radical (unpaired) electrons. The van der Waals surface area contributed by atoms with Crippen molar-refractivity contribution in [2.24, 2.45) is 22.6 Å². The molecular formula is C48H73N11O9. The van der Waals surface area contributed by atoms with Crippen molar-refractivity contribution in [2.45, 2.75) is 91.3 Å². The van der Waals surface area contributed by atoms with E-state index in [0.717, 1.165) is 60.0 Å². The van der Waals surface area contributed by atoms with Crippen LogP contribution in [0.3, 0.4) is 0 Å². The predicted molar refractivity (Wildman–Crippen MR) is 262 cm³/mol. The Balaban J connectivity index is 1.00. The SMILES string of the molecule is CCCCc1nc2c(N)nc3ccccc3c2n1CC(C)(C)COCCCOCCOCCOCCCNC(=O)CCC(NC(=O)c1ccc(NCC(C)N(C)C(C(N)=O)=C(N)N)cc1)C(=O)O. The van der Waals surface area contributed by atoms with Gasteiger partial charge < -0.3 is 72.4 Å². The number of nitrogen functional groups attached to an aromatic ring is 1. The molecule has 68 heavy (non-hydrogen) atoms. The van der Waals surface area contributed by atoms with E-state index >= 15 is 0 Å². The van der Waals surface area contributed by atoms with E-state index in [0.29, 0.717) is 83.9 Å². The number of aryl methyl sites for hydroxylation is 1. The van der Waals surface area contributed by atoms with E-state index in [1.807, 2.05) is 25.1 Å². The smallest absolute Gasteiger partial charge is 0.326 e. The number of amides is 3. The van der Waals surface area contributed by atoms with E-state index in [1.165, 1.54) is 0 Å². The Hall–Kier alpha value is -6.22. The van der Waals surface area contributed by atoms with Gasteiger partial charge in [-0.25, -0.2) is 14.8 Å². The van der Waals surface area contributed by atoms with Crippen LogP contribution in [0.1, 0.15) is 82.4 Å². The molecule has 0 aliphatic carbocycles. The third kappa shape index (κ3) is 17.1. The number of hydrogen-bond donors (Lipinski definition) is 8. The van der Waals surface area contributed by atoms with Crippen molar-refractivity contribution in [1.82, 2.24) is 30.1 Å². The van der Waals surface area contributed by atoms with Crippen molar-refractivity contribution < 1.29 is 43.2 Å². The summed E-state index contributed by atoms with van der Waals surface area (Å²) in [6.45, 7) is 13.7. The summed E-state index contributed by atoms with van der Waals surface area (Å²) in [4.78, 5) is 60.0. The second-order valence-corrected chi connectivity index (χ2v) is 17.5. The molecule has 0 saturated heterocycles. The lowest BCUT2D eigenvalue weighted by Gasteiger charge is -2.28. The fourth-order valence-corrected chi connectivity index (χ4v) is 7.37. The number of fused-ring (bicyclic) bond motifs is 3. The normalized spacial score (nSPS) is 12.4. The van der Waals surface area contributed by atoms with Crippen LogP contribution in [0.2, 0.25) is 0 Å². The first-order valence-electron chi connectivity index (χ1n) is 23.3. The van der Waals surface area contributed by atoms with Crippen LogP contribution in [-0.2, 0) is 46.3 Å². The lowest BCUT2D eigenvalue weighted by atomic mass is 9.94. The minimum atomic E-state index is -1.26. The molecule has 374 valence electrons. The quantitative estimate of drug-likeness (QED) is 0.0251. The monoisotopic (exact) mass is 948 g/mol. The maximum Gasteiger partial charge on any atom is 0.326 e. The molecule has 3 amide bonds. The van der Waals surface area contributed by atoms with Crippen LogP contribution in [0, 0.1) is 5.41 Å². The number of ether oxygens (including phenoxy) is 4. The molecular weight excluding hydrogens is 875 g/mol. The van der Waals surface area contributed by atoms with Crippen LogP contribution in [-0.4, -0.2) is 133 Å². The van der Waals surface area contributed by atoms with Crippen molar-refractivity contribution in [3.05, 3.63) is 71.4 Å². The number of hydrogen-bond acceptors (Lipinski definition) is 15. The molecule has 2 aromatic heterocycles. The summed E-state index contributed by atoms with van der Waals surface area (Å²) in [5, 5.41) is 19.2. The number of rotatable bonds is 33. The third-order valence-electron chi connectivity index (χ3n) is 11.2. The van der Waals surface area contributed by atoms with Gasteiger partial charge in [0.15, 0.2) is 5.82 Å². The minimum Gasteiger partial charge on any atom is -0.480 e. The Labute approximate surface area is 398 Å². The summed E-state index contributed by atoms with van der Waals surface area (Å²) < 4.78 is 25.4. The van der Waals surface area contributed by atoms with Gasteiger partial charge in [-0.3, -0.25) is 14.4 Å². The highest BCUT2D eigenvalue weighted by Crippen LogP contribution is 2.32. The molecule has 2 atom stereocenters. The second-order valence-electron chi connectivity index (χ2n) is 17.5. The number of aromatic nitrogens is 3. The van der Waals surface area contributed by atoms with E-state index in [1.54, 1.807) is 36.2 Å². The molecule has 2 aromatic carbocycles. The number of aliphatic carboxylic acids is 1. The molecule has 2 unspecified atom stereocenters. The van der Waals surface area contributed by atoms with Gasteiger partial charge in [0.2, 0.25) is 5.91 Å². The van der Waals surface area contributed by atoms with Gasteiger partial charge in [-0.2, -0.15) is 0 Å². The first-order chi connectivity index (χ1) is 32.5. The highest BCUT2D eigenvalue weighted by molar-refractivity contribution is 6.06. The third-order valence-corrected chi connectivity index (χ3v) is 11.2. The first kappa shape index (κ1) is 54.4. The number of para-hydroxylation sites is 1. The van der Waals surface area contributed by atoms with Crippen molar-refractivity contribution in [3.8, 4) is 0 Å². The Kier molecular flexibility index (Phi) is 22.0.